The average Bonchev–Trinajstić information content (AvgIpc) is 2.47. The number of carbonyl (C=O) groups is 1. The summed E-state index contributed by atoms with van der Waals surface area (Å²) in [5.41, 5.74) is 2.58. The number of methoxy groups -OCH3 is 1. The van der Waals surface area contributed by atoms with E-state index in [2.05, 4.69) is 17.1 Å². The van der Waals surface area contributed by atoms with Crippen LogP contribution in [0.5, 0.6) is 0 Å². The molecule has 0 saturated heterocycles. The van der Waals surface area contributed by atoms with Crippen LogP contribution in [0.25, 0.3) is 0 Å². The van der Waals surface area contributed by atoms with E-state index >= 15 is 0 Å². The Morgan fingerprint density at radius 1 is 1.25 bits per heavy atom. The fourth-order valence-corrected chi connectivity index (χ4v) is 2.17. The van der Waals surface area contributed by atoms with Gasteiger partial charge in [-0.25, -0.2) is 9.78 Å². The second-order valence-corrected chi connectivity index (χ2v) is 4.64. The predicted octanol–water partition coefficient (Wildman–Crippen LogP) is 2.81. The van der Waals surface area contributed by atoms with E-state index in [9.17, 15) is 4.79 Å². The molecule has 0 bridgehead atoms. The van der Waals surface area contributed by atoms with E-state index in [1.54, 1.807) is 12.3 Å². The van der Waals surface area contributed by atoms with Crippen LogP contribution in [0, 0.1) is 6.92 Å². The Hall–Kier alpha value is -2.36. The maximum Gasteiger partial charge on any atom is 0.338 e. The molecule has 0 fully saturated rings. The van der Waals surface area contributed by atoms with Crippen molar-refractivity contribution in [2.45, 2.75) is 13.5 Å². The Kier molecular flexibility index (Phi) is 4.35. The number of carbonyl (C=O) groups excluding carboxylic acids is 1. The first-order chi connectivity index (χ1) is 9.63. The van der Waals surface area contributed by atoms with Crippen molar-refractivity contribution >= 4 is 11.8 Å². The molecule has 0 spiro atoms. The summed E-state index contributed by atoms with van der Waals surface area (Å²) in [6.07, 6.45) is 1.64. The highest BCUT2D eigenvalue weighted by atomic mass is 16.5. The van der Waals surface area contributed by atoms with Crippen molar-refractivity contribution in [2.24, 2.45) is 0 Å². The smallest absolute Gasteiger partial charge is 0.338 e. The van der Waals surface area contributed by atoms with Gasteiger partial charge in [-0.3, -0.25) is 0 Å². The third-order valence-electron chi connectivity index (χ3n) is 3.21. The molecule has 0 atom stereocenters. The fraction of sp³-hybridized carbons (Fsp3) is 0.250. The van der Waals surface area contributed by atoms with Crippen molar-refractivity contribution in [3.05, 3.63) is 59.3 Å². The molecular weight excluding hydrogens is 252 g/mol. The van der Waals surface area contributed by atoms with Crippen molar-refractivity contribution in [2.75, 3.05) is 19.1 Å². The molecule has 1 aromatic heterocycles. The fourth-order valence-electron chi connectivity index (χ4n) is 2.17. The van der Waals surface area contributed by atoms with E-state index < -0.39 is 0 Å². The van der Waals surface area contributed by atoms with Crippen molar-refractivity contribution in [3.63, 3.8) is 0 Å². The van der Waals surface area contributed by atoms with Gasteiger partial charge in [-0.15, -0.1) is 0 Å². The van der Waals surface area contributed by atoms with E-state index in [1.807, 2.05) is 37.1 Å². The van der Waals surface area contributed by atoms with E-state index in [4.69, 9.17) is 4.74 Å². The van der Waals surface area contributed by atoms with E-state index in [-0.39, 0.29) is 5.97 Å². The van der Waals surface area contributed by atoms with Crippen molar-refractivity contribution < 1.29 is 9.53 Å². The topological polar surface area (TPSA) is 42.4 Å². The molecule has 2 rings (SSSR count). The number of hydrogen-bond donors (Lipinski definition) is 0. The van der Waals surface area contributed by atoms with E-state index in [0.29, 0.717) is 5.56 Å². The molecule has 0 amide bonds. The van der Waals surface area contributed by atoms with Gasteiger partial charge in [-0.1, -0.05) is 30.3 Å². The molecule has 0 radical (unpaired) electrons. The highest BCUT2D eigenvalue weighted by molar-refractivity contribution is 5.92. The summed E-state index contributed by atoms with van der Waals surface area (Å²) >= 11 is 0. The van der Waals surface area contributed by atoms with Crippen molar-refractivity contribution in [3.8, 4) is 0 Å². The van der Waals surface area contributed by atoms with Crippen LogP contribution in [0.2, 0.25) is 0 Å². The quantitative estimate of drug-likeness (QED) is 0.801. The maximum absolute atomic E-state index is 11.7. The van der Waals surface area contributed by atoms with Crippen LogP contribution in [0.3, 0.4) is 0 Å². The SMILES string of the molecule is COC(=O)c1ccnc(N(C)Cc2ccccc2)c1C. The lowest BCUT2D eigenvalue weighted by Crippen LogP contribution is -2.20. The first-order valence-corrected chi connectivity index (χ1v) is 6.42. The lowest BCUT2D eigenvalue weighted by Gasteiger charge is -2.21. The number of anilines is 1. The van der Waals surface area contributed by atoms with Crippen molar-refractivity contribution in [1.82, 2.24) is 4.98 Å². The molecule has 0 aliphatic heterocycles. The second-order valence-electron chi connectivity index (χ2n) is 4.64. The predicted molar refractivity (Wildman–Crippen MR) is 78.9 cm³/mol. The molecule has 0 aliphatic rings. The number of esters is 1. The van der Waals surface area contributed by atoms with Gasteiger partial charge in [-0.05, 0) is 18.6 Å². The number of hydrogen-bond acceptors (Lipinski definition) is 4. The third kappa shape index (κ3) is 2.96. The average molecular weight is 270 g/mol. The summed E-state index contributed by atoms with van der Waals surface area (Å²) < 4.78 is 4.78. The Morgan fingerprint density at radius 2 is 1.95 bits per heavy atom. The monoisotopic (exact) mass is 270 g/mol. The van der Waals surface area contributed by atoms with Crippen LogP contribution in [-0.4, -0.2) is 25.1 Å². The largest absolute Gasteiger partial charge is 0.465 e. The van der Waals surface area contributed by atoms with E-state index in [1.165, 1.54) is 12.7 Å². The van der Waals surface area contributed by atoms with Gasteiger partial charge in [0.05, 0.1) is 12.7 Å². The molecule has 0 aliphatic carbocycles. The lowest BCUT2D eigenvalue weighted by molar-refractivity contribution is 0.0600. The summed E-state index contributed by atoms with van der Waals surface area (Å²) in [6.45, 7) is 2.62. The van der Waals surface area contributed by atoms with Gasteiger partial charge in [0.15, 0.2) is 0 Å². The summed E-state index contributed by atoms with van der Waals surface area (Å²) in [7, 11) is 3.35. The lowest BCUT2D eigenvalue weighted by atomic mass is 10.1. The minimum Gasteiger partial charge on any atom is -0.465 e. The van der Waals surface area contributed by atoms with Gasteiger partial charge in [0, 0.05) is 25.4 Å². The molecule has 2 aromatic rings. The normalized spacial score (nSPS) is 10.2. The molecule has 1 aromatic carbocycles. The van der Waals surface area contributed by atoms with Gasteiger partial charge in [-0.2, -0.15) is 0 Å². The molecule has 1 heterocycles. The number of benzene rings is 1. The molecule has 0 N–H and O–H groups in total. The number of aromatic nitrogens is 1. The summed E-state index contributed by atoms with van der Waals surface area (Å²) in [5, 5.41) is 0. The van der Waals surface area contributed by atoms with Crippen LogP contribution >= 0.6 is 0 Å². The first-order valence-electron chi connectivity index (χ1n) is 6.42. The second kappa shape index (κ2) is 6.19. The zero-order valence-corrected chi connectivity index (χ0v) is 12.0. The minimum absolute atomic E-state index is 0.334. The Morgan fingerprint density at radius 3 is 2.60 bits per heavy atom. The molecule has 4 heteroatoms. The van der Waals surface area contributed by atoms with Gasteiger partial charge in [0.1, 0.15) is 5.82 Å². The standard InChI is InChI=1S/C16H18N2O2/c1-12-14(16(19)20-3)9-10-17-15(12)18(2)11-13-7-5-4-6-8-13/h4-10H,11H2,1-3H3. The van der Waals surface area contributed by atoms with Gasteiger partial charge >= 0.3 is 5.97 Å². The van der Waals surface area contributed by atoms with Gasteiger partial charge < -0.3 is 9.64 Å². The molecule has 4 nitrogen and oxygen atoms in total. The van der Waals surface area contributed by atoms with Crippen LogP contribution in [0.15, 0.2) is 42.6 Å². The van der Waals surface area contributed by atoms with E-state index in [0.717, 1.165) is 17.9 Å². The first kappa shape index (κ1) is 14.1. The maximum atomic E-state index is 11.7. The van der Waals surface area contributed by atoms with Crippen LogP contribution in [-0.2, 0) is 11.3 Å². The van der Waals surface area contributed by atoms with Crippen LogP contribution in [0.4, 0.5) is 5.82 Å². The molecule has 104 valence electrons. The molecular formula is C16H18N2O2. The number of nitrogens with zero attached hydrogens (tertiary/aromatic N) is 2. The number of rotatable bonds is 4. The zero-order chi connectivity index (χ0) is 14.5. The minimum atomic E-state index is -0.334. The van der Waals surface area contributed by atoms with Gasteiger partial charge in [0.2, 0.25) is 0 Å². The summed E-state index contributed by atoms with van der Waals surface area (Å²) in [5.74, 6) is 0.455. The number of pyridine rings is 1. The highest BCUT2D eigenvalue weighted by Gasteiger charge is 2.15. The Balaban J connectivity index is 2.26. The third-order valence-corrected chi connectivity index (χ3v) is 3.21. The molecule has 0 unspecified atom stereocenters. The molecule has 0 saturated carbocycles. The van der Waals surface area contributed by atoms with Gasteiger partial charge in [0.25, 0.3) is 0 Å². The Labute approximate surface area is 119 Å². The molecule has 20 heavy (non-hydrogen) atoms. The summed E-state index contributed by atoms with van der Waals surface area (Å²) in [4.78, 5) is 18.1. The number of ether oxygens (including phenoxy) is 1. The summed E-state index contributed by atoms with van der Waals surface area (Å²) in [6, 6.07) is 11.8. The zero-order valence-electron chi connectivity index (χ0n) is 12.0. The van der Waals surface area contributed by atoms with Crippen LogP contribution in [0.1, 0.15) is 21.5 Å². The van der Waals surface area contributed by atoms with Crippen LogP contribution < -0.4 is 4.90 Å². The Bertz CT molecular complexity index is 597. The van der Waals surface area contributed by atoms with Crippen molar-refractivity contribution in [1.29, 1.82) is 0 Å². The highest BCUT2D eigenvalue weighted by Crippen LogP contribution is 2.21.